The smallest absolute Gasteiger partial charge is 0.132 e. The van der Waals surface area contributed by atoms with Crippen LogP contribution < -0.4 is 39.3 Å². The van der Waals surface area contributed by atoms with Gasteiger partial charge in [-0.3, -0.25) is 5.32 Å². The molecule has 0 aliphatic rings. The second kappa shape index (κ2) is 36.7. The number of unbranched alkanes of at least 4 members (excludes halogenated alkanes) is 25. The van der Waals surface area contributed by atoms with Crippen LogP contribution in [0.5, 0.6) is 0 Å². The summed E-state index contributed by atoms with van der Waals surface area (Å²) in [5.41, 5.74) is 0. The summed E-state index contributed by atoms with van der Waals surface area (Å²) in [5, 5.41) is 3.77. The molecule has 0 rings (SSSR count). The third-order valence-corrected chi connectivity index (χ3v) is 9.64. The second-order valence-corrected chi connectivity index (χ2v) is 15.4. The summed E-state index contributed by atoms with van der Waals surface area (Å²) in [6, 6.07) is 0. The maximum atomic E-state index is 3.77. The molecule has 0 amide bonds. The molecule has 0 bridgehead atoms. The minimum absolute atomic E-state index is 0. The zero-order valence-corrected chi connectivity index (χ0v) is 34.7. The Balaban J connectivity index is -0.00000840. The van der Waals surface area contributed by atoms with E-state index in [-0.39, 0.29) is 34.0 Å². The highest BCUT2D eigenvalue weighted by Gasteiger charge is 2.15. The van der Waals surface area contributed by atoms with Crippen LogP contribution in [0.4, 0.5) is 0 Å². The van der Waals surface area contributed by atoms with Crippen molar-refractivity contribution in [2.45, 2.75) is 194 Å². The highest BCUT2D eigenvalue weighted by molar-refractivity contribution is 4.52. The fourth-order valence-corrected chi connectivity index (χ4v) is 6.48. The first-order valence-electron chi connectivity index (χ1n) is 19.7. The lowest BCUT2D eigenvalue weighted by molar-refractivity contribution is -0.893. The van der Waals surface area contributed by atoms with E-state index in [0.717, 1.165) is 11.2 Å². The van der Waals surface area contributed by atoms with Crippen LogP contribution in [0.3, 0.4) is 0 Å². The van der Waals surface area contributed by atoms with E-state index in [1.807, 2.05) is 0 Å². The van der Waals surface area contributed by atoms with Crippen LogP contribution in [-0.2, 0) is 0 Å². The van der Waals surface area contributed by atoms with Crippen LogP contribution in [0.1, 0.15) is 194 Å². The molecular weight excluding hydrogens is 670 g/mol. The minimum atomic E-state index is 0. The summed E-state index contributed by atoms with van der Waals surface area (Å²) in [4.78, 5) is 0. The molecule has 0 saturated carbocycles. The molecule has 0 aromatic rings. The van der Waals surface area contributed by atoms with Gasteiger partial charge in [-0.25, -0.2) is 0 Å². The third-order valence-electron chi connectivity index (χ3n) is 9.64. The van der Waals surface area contributed by atoms with Gasteiger partial charge in [-0.05, 0) is 38.5 Å². The molecule has 3 nitrogen and oxygen atoms in total. The average Bonchev–Trinajstić information content (AvgIpc) is 2.95. The van der Waals surface area contributed by atoms with Gasteiger partial charge in [0, 0.05) is 6.54 Å². The molecule has 0 aliphatic heterocycles. The highest BCUT2D eigenvalue weighted by atomic mass is 79.9. The molecule has 0 radical (unpaired) electrons. The predicted octanol–water partition coefficient (Wildman–Crippen LogP) is 5.66. The zero-order valence-electron chi connectivity index (χ0n) is 31.5. The topological polar surface area (TPSA) is 12.0 Å². The lowest BCUT2D eigenvalue weighted by atomic mass is 10.0. The number of nitrogens with one attached hydrogen (secondary N) is 1. The summed E-state index contributed by atoms with van der Waals surface area (Å²) in [6.07, 6.45) is 40.3. The van der Waals surface area contributed by atoms with Gasteiger partial charge in [-0.2, -0.15) is 0 Å². The van der Waals surface area contributed by atoms with Crippen molar-refractivity contribution in [3.63, 3.8) is 0 Å². The summed E-state index contributed by atoms with van der Waals surface area (Å²) in [5.74, 6) is 0. The molecule has 0 spiro atoms. The summed E-state index contributed by atoms with van der Waals surface area (Å²) >= 11 is 0. The van der Waals surface area contributed by atoms with Crippen LogP contribution in [0.15, 0.2) is 0 Å². The van der Waals surface area contributed by atoms with E-state index < -0.39 is 0 Å². The van der Waals surface area contributed by atoms with E-state index in [9.17, 15) is 0 Å². The van der Waals surface area contributed by atoms with Crippen LogP contribution >= 0.6 is 0 Å². The Morgan fingerprint density at radius 3 is 0.886 bits per heavy atom. The molecule has 270 valence electrons. The van der Waals surface area contributed by atoms with Crippen LogP contribution in [0, 0.1) is 0 Å². The van der Waals surface area contributed by atoms with Crippen molar-refractivity contribution >= 4 is 0 Å². The lowest BCUT2D eigenvalue weighted by Crippen LogP contribution is -3.00. The number of hydrogen-bond donors (Lipinski definition) is 1. The summed E-state index contributed by atoms with van der Waals surface area (Å²) in [6.45, 7) is 10.9. The van der Waals surface area contributed by atoms with E-state index in [1.54, 1.807) is 0 Å². The Kier molecular flexibility index (Phi) is 41.0. The first kappa shape index (κ1) is 49.2. The average molecular weight is 756 g/mol. The number of quaternary nitrogens is 2. The molecule has 0 unspecified atom stereocenters. The van der Waals surface area contributed by atoms with Gasteiger partial charge < -0.3 is 42.9 Å². The summed E-state index contributed by atoms with van der Waals surface area (Å²) < 4.78 is 2.33. The van der Waals surface area contributed by atoms with Gasteiger partial charge >= 0.3 is 0 Å². The van der Waals surface area contributed by atoms with Gasteiger partial charge in [0.25, 0.3) is 0 Å². The number of halogens is 2. The molecule has 0 heterocycles. The fourth-order valence-electron chi connectivity index (χ4n) is 6.48. The van der Waals surface area contributed by atoms with Gasteiger partial charge in [-0.15, -0.1) is 0 Å². The van der Waals surface area contributed by atoms with E-state index in [4.69, 9.17) is 0 Å². The Morgan fingerprint density at radius 2 is 0.568 bits per heavy atom. The second-order valence-electron chi connectivity index (χ2n) is 15.4. The SMILES string of the molecule is CCCCCCCCCCCCCCC[N+](C)(C)CCCCNC[N+](C)(C)CCCCCCCCCCCCCCC.[Br-].[Br-]. The first-order valence-corrected chi connectivity index (χ1v) is 19.7. The maximum Gasteiger partial charge on any atom is 0.132 e. The van der Waals surface area contributed by atoms with Gasteiger partial charge in [0.05, 0.1) is 47.8 Å². The number of hydrogen-bond acceptors (Lipinski definition) is 1. The molecule has 0 atom stereocenters. The Morgan fingerprint density at radius 1 is 0.318 bits per heavy atom. The predicted molar refractivity (Wildman–Crippen MR) is 192 cm³/mol. The van der Waals surface area contributed by atoms with E-state index in [2.05, 4.69) is 47.4 Å². The normalized spacial score (nSPS) is 11.9. The monoisotopic (exact) mass is 754 g/mol. The molecule has 0 aromatic heterocycles. The van der Waals surface area contributed by atoms with Crippen molar-refractivity contribution in [1.29, 1.82) is 0 Å². The van der Waals surface area contributed by atoms with Gasteiger partial charge in [0.15, 0.2) is 0 Å². The molecule has 0 aliphatic carbocycles. The van der Waals surface area contributed by atoms with Crippen molar-refractivity contribution in [2.24, 2.45) is 0 Å². The first-order chi connectivity index (χ1) is 20.3. The quantitative estimate of drug-likeness (QED) is 0.0501. The fraction of sp³-hybridized carbons (Fsp3) is 1.00. The van der Waals surface area contributed by atoms with Gasteiger partial charge in [0.1, 0.15) is 6.67 Å². The molecule has 1 N–H and O–H groups in total. The Labute approximate surface area is 301 Å². The van der Waals surface area contributed by atoms with Crippen molar-refractivity contribution in [2.75, 3.05) is 61.0 Å². The van der Waals surface area contributed by atoms with Gasteiger partial charge in [-0.1, -0.05) is 155 Å². The molecule has 44 heavy (non-hydrogen) atoms. The third kappa shape index (κ3) is 39.0. The largest absolute Gasteiger partial charge is 1.00 e. The highest BCUT2D eigenvalue weighted by Crippen LogP contribution is 2.15. The maximum absolute atomic E-state index is 3.77. The van der Waals surface area contributed by atoms with E-state index >= 15 is 0 Å². The Bertz CT molecular complexity index is 481. The molecule has 0 saturated heterocycles. The van der Waals surface area contributed by atoms with Crippen LogP contribution in [0.25, 0.3) is 0 Å². The molecule has 0 fully saturated rings. The zero-order chi connectivity index (χ0) is 31.0. The molecular formula is C39H85Br2N3. The van der Waals surface area contributed by atoms with Crippen molar-refractivity contribution in [1.82, 2.24) is 5.32 Å². The molecule has 5 heteroatoms. The van der Waals surface area contributed by atoms with Crippen molar-refractivity contribution in [3.05, 3.63) is 0 Å². The van der Waals surface area contributed by atoms with E-state index in [1.165, 1.54) is 210 Å². The standard InChI is InChI=1S/C39H85N3.2BrH/c1-7-9-11-13-15-17-19-21-23-25-27-29-32-36-41(3,4)37-34-31-35-40-39-42(5,6)38-33-30-28-26-24-22-20-18-16-14-12-10-8-2;;/h40H,7-39H2,1-6H3;2*1H/q+2;;/p-2. The Hall–Kier alpha value is 0.840. The van der Waals surface area contributed by atoms with Crippen molar-refractivity contribution < 1.29 is 42.9 Å². The van der Waals surface area contributed by atoms with Crippen molar-refractivity contribution in [3.8, 4) is 0 Å². The summed E-state index contributed by atoms with van der Waals surface area (Å²) in [7, 11) is 9.71. The molecule has 0 aromatic carbocycles. The van der Waals surface area contributed by atoms with Crippen LogP contribution in [0.2, 0.25) is 0 Å². The lowest BCUT2D eigenvalue weighted by Gasteiger charge is -2.31. The van der Waals surface area contributed by atoms with Gasteiger partial charge in [0.2, 0.25) is 0 Å². The number of rotatable bonds is 35. The minimum Gasteiger partial charge on any atom is -1.00 e. The number of nitrogens with zero attached hydrogens (tertiary/aromatic N) is 2. The van der Waals surface area contributed by atoms with Crippen LogP contribution in [-0.4, -0.2) is 70.0 Å². The van der Waals surface area contributed by atoms with E-state index in [0.29, 0.717) is 0 Å².